The fourth-order valence-corrected chi connectivity index (χ4v) is 2.13. The molecule has 25 heavy (non-hydrogen) atoms. The maximum atomic E-state index is 12.3. The number of carbonyl (C=O) groups is 2. The van der Waals surface area contributed by atoms with Crippen molar-refractivity contribution in [3.05, 3.63) is 64.7 Å². The lowest BCUT2D eigenvalue weighted by Crippen LogP contribution is -2.28. The van der Waals surface area contributed by atoms with E-state index in [9.17, 15) is 18.4 Å². The van der Waals surface area contributed by atoms with E-state index in [0.29, 0.717) is 10.6 Å². The number of rotatable bonds is 7. The lowest BCUT2D eigenvalue weighted by molar-refractivity contribution is -0.124. The zero-order chi connectivity index (χ0) is 18.2. The van der Waals surface area contributed by atoms with Gasteiger partial charge in [0.15, 0.2) is 6.61 Å². The minimum absolute atomic E-state index is 0.168. The fourth-order valence-electron chi connectivity index (χ4n) is 1.93. The van der Waals surface area contributed by atoms with Crippen molar-refractivity contribution >= 4 is 23.5 Å². The van der Waals surface area contributed by atoms with E-state index in [1.807, 2.05) is 0 Å². The SMILES string of the molecule is O=C(COC(=O)c1ccccc1OC(F)F)NCc1ccccc1Cl. The molecule has 1 amide bonds. The van der Waals surface area contributed by atoms with E-state index in [0.717, 1.165) is 0 Å². The summed E-state index contributed by atoms with van der Waals surface area (Å²) in [6.45, 7) is -3.47. The van der Waals surface area contributed by atoms with E-state index in [-0.39, 0.29) is 17.9 Å². The molecule has 0 saturated carbocycles. The monoisotopic (exact) mass is 369 g/mol. The maximum absolute atomic E-state index is 12.3. The Morgan fingerprint density at radius 2 is 1.76 bits per heavy atom. The highest BCUT2D eigenvalue weighted by molar-refractivity contribution is 6.31. The van der Waals surface area contributed by atoms with Gasteiger partial charge in [-0.25, -0.2) is 4.79 Å². The number of alkyl halides is 2. The summed E-state index contributed by atoms with van der Waals surface area (Å²) in [7, 11) is 0. The number of hydrogen-bond acceptors (Lipinski definition) is 4. The number of nitrogens with one attached hydrogen (secondary N) is 1. The Morgan fingerprint density at radius 1 is 1.08 bits per heavy atom. The zero-order valence-electron chi connectivity index (χ0n) is 12.9. The van der Waals surface area contributed by atoms with Gasteiger partial charge in [-0.1, -0.05) is 41.9 Å². The first-order valence-corrected chi connectivity index (χ1v) is 7.56. The van der Waals surface area contributed by atoms with Gasteiger partial charge in [-0.15, -0.1) is 0 Å². The van der Waals surface area contributed by atoms with Gasteiger partial charge in [-0.2, -0.15) is 8.78 Å². The Hall–Kier alpha value is -2.67. The van der Waals surface area contributed by atoms with Crippen LogP contribution < -0.4 is 10.1 Å². The topological polar surface area (TPSA) is 64.6 Å². The summed E-state index contributed by atoms with van der Waals surface area (Å²) in [4.78, 5) is 23.7. The highest BCUT2D eigenvalue weighted by Gasteiger charge is 2.17. The van der Waals surface area contributed by atoms with Gasteiger partial charge in [-0.3, -0.25) is 4.79 Å². The molecule has 0 atom stereocenters. The van der Waals surface area contributed by atoms with Gasteiger partial charge < -0.3 is 14.8 Å². The minimum atomic E-state index is -3.08. The second-order valence-corrected chi connectivity index (χ2v) is 5.23. The fraction of sp³-hybridized carbons (Fsp3) is 0.176. The van der Waals surface area contributed by atoms with Gasteiger partial charge in [0.05, 0.1) is 0 Å². The van der Waals surface area contributed by atoms with Crippen molar-refractivity contribution in [2.75, 3.05) is 6.61 Å². The molecule has 5 nitrogen and oxygen atoms in total. The average molecular weight is 370 g/mol. The molecular weight excluding hydrogens is 356 g/mol. The molecule has 0 unspecified atom stereocenters. The predicted molar refractivity (Wildman–Crippen MR) is 86.7 cm³/mol. The second kappa shape index (κ2) is 8.98. The molecule has 0 heterocycles. The van der Waals surface area contributed by atoms with Crippen molar-refractivity contribution in [2.45, 2.75) is 13.2 Å². The number of halogens is 3. The highest BCUT2D eigenvalue weighted by atomic mass is 35.5. The number of para-hydroxylation sites is 1. The number of hydrogen-bond donors (Lipinski definition) is 1. The van der Waals surface area contributed by atoms with Crippen molar-refractivity contribution in [2.24, 2.45) is 0 Å². The Bertz CT molecular complexity index is 755. The van der Waals surface area contributed by atoms with E-state index in [4.69, 9.17) is 16.3 Å². The van der Waals surface area contributed by atoms with Crippen LogP contribution in [0.5, 0.6) is 5.75 Å². The predicted octanol–water partition coefficient (Wildman–Crippen LogP) is 3.41. The molecular formula is C17H14ClF2NO4. The molecule has 0 saturated heterocycles. The Balaban J connectivity index is 1.87. The summed E-state index contributed by atoms with van der Waals surface area (Å²) in [5.74, 6) is -1.82. The second-order valence-electron chi connectivity index (χ2n) is 4.82. The lowest BCUT2D eigenvalue weighted by atomic mass is 10.2. The Kier molecular flexibility index (Phi) is 6.71. The standard InChI is InChI=1S/C17H14ClF2NO4/c18-13-7-3-1-5-11(13)9-21-15(22)10-24-16(23)12-6-2-4-8-14(12)25-17(19)20/h1-8,17H,9-10H2,(H,21,22). The van der Waals surface area contributed by atoms with Crippen LogP contribution in [0.4, 0.5) is 8.78 Å². The van der Waals surface area contributed by atoms with Crippen molar-refractivity contribution in [3.8, 4) is 5.75 Å². The molecule has 0 bridgehead atoms. The molecule has 0 spiro atoms. The average Bonchev–Trinajstić information content (AvgIpc) is 2.59. The Labute approximate surface area is 147 Å². The van der Waals surface area contributed by atoms with Crippen LogP contribution in [0.15, 0.2) is 48.5 Å². The van der Waals surface area contributed by atoms with Crippen LogP contribution in [0.25, 0.3) is 0 Å². The summed E-state index contributed by atoms with van der Waals surface area (Å²) in [6, 6.07) is 12.3. The molecule has 2 aromatic carbocycles. The third kappa shape index (κ3) is 5.72. The van der Waals surface area contributed by atoms with Crippen LogP contribution in [0.3, 0.4) is 0 Å². The zero-order valence-corrected chi connectivity index (χ0v) is 13.6. The number of carbonyl (C=O) groups excluding carboxylic acids is 2. The third-order valence-electron chi connectivity index (χ3n) is 3.09. The molecule has 2 aromatic rings. The summed E-state index contributed by atoms with van der Waals surface area (Å²) >= 11 is 5.96. The third-order valence-corrected chi connectivity index (χ3v) is 3.46. The summed E-state index contributed by atoms with van der Waals surface area (Å²) in [6.07, 6.45) is 0. The lowest BCUT2D eigenvalue weighted by Gasteiger charge is -2.10. The number of esters is 1. The number of benzene rings is 2. The first-order chi connectivity index (χ1) is 12.0. The van der Waals surface area contributed by atoms with Crippen LogP contribution in [-0.4, -0.2) is 25.1 Å². The largest absolute Gasteiger partial charge is 0.452 e. The van der Waals surface area contributed by atoms with Crippen LogP contribution in [-0.2, 0) is 16.1 Å². The van der Waals surface area contributed by atoms with Crippen molar-refractivity contribution in [1.29, 1.82) is 0 Å². The molecule has 0 radical (unpaired) electrons. The van der Waals surface area contributed by atoms with Gasteiger partial charge >= 0.3 is 12.6 Å². The molecule has 0 aromatic heterocycles. The van der Waals surface area contributed by atoms with E-state index >= 15 is 0 Å². The van der Waals surface area contributed by atoms with Crippen LogP contribution >= 0.6 is 11.6 Å². The molecule has 0 aliphatic carbocycles. The highest BCUT2D eigenvalue weighted by Crippen LogP contribution is 2.21. The van der Waals surface area contributed by atoms with Crippen LogP contribution in [0, 0.1) is 0 Å². The van der Waals surface area contributed by atoms with Crippen LogP contribution in [0.2, 0.25) is 5.02 Å². The molecule has 2 rings (SSSR count). The minimum Gasteiger partial charge on any atom is -0.452 e. The molecule has 0 aliphatic heterocycles. The quantitative estimate of drug-likeness (QED) is 0.760. The van der Waals surface area contributed by atoms with Crippen molar-refractivity contribution < 1.29 is 27.8 Å². The summed E-state index contributed by atoms with van der Waals surface area (Å²) in [5, 5.41) is 3.04. The summed E-state index contributed by atoms with van der Waals surface area (Å²) in [5.41, 5.74) is 0.515. The van der Waals surface area contributed by atoms with Crippen molar-refractivity contribution in [3.63, 3.8) is 0 Å². The van der Waals surface area contributed by atoms with E-state index in [1.165, 1.54) is 24.3 Å². The molecule has 1 N–H and O–H groups in total. The van der Waals surface area contributed by atoms with E-state index in [2.05, 4.69) is 10.1 Å². The van der Waals surface area contributed by atoms with E-state index < -0.39 is 25.1 Å². The Morgan fingerprint density at radius 3 is 2.48 bits per heavy atom. The maximum Gasteiger partial charge on any atom is 0.387 e. The summed E-state index contributed by atoms with van der Waals surface area (Å²) < 4.78 is 33.7. The van der Waals surface area contributed by atoms with Crippen molar-refractivity contribution in [1.82, 2.24) is 5.32 Å². The van der Waals surface area contributed by atoms with Gasteiger partial charge in [0.25, 0.3) is 5.91 Å². The first kappa shape index (κ1) is 18.7. The van der Waals surface area contributed by atoms with Gasteiger partial charge in [-0.05, 0) is 23.8 Å². The molecule has 8 heteroatoms. The molecule has 132 valence electrons. The first-order valence-electron chi connectivity index (χ1n) is 7.18. The van der Waals surface area contributed by atoms with Gasteiger partial charge in [0.2, 0.25) is 0 Å². The smallest absolute Gasteiger partial charge is 0.387 e. The van der Waals surface area contributed by atoms with Gasteiger partial charge in [0.1, 0.15) is 11.3 Å². The van der Waals surface area contributed by atoms with Crippen LogP contribution in [0.1, 0.15) is 15.9 Å². The normalized spacial score (nSPS) is 10.4. The molecule has 0 aliphatic rings. The molecule has 0 fully saturated rings. The van der Waals surface area contributed by atoms with E-state index in [1.54, 1.807) is 24.3 Å². The number of amides is 1. The van der Waals surface area contributed by atoms with Gasteiger partial charge in [0, 0.05) is 11.6 Å². The number of ether oxygens (including phenoxy) is 2.